The number of fused-ring (bicyclic) bond motifs is 2. The molecule has 1 atom stereocenters. The van der Waals surface area contributed by atoms with Gasteiger partial charge in [-0.15, -0.1) is 0 Å². The molecule has 0 aromatic heterocycles. The van der Waals surface area contributed by atoms with Gasteiger partial charge < -0.3 is 20.1 Å². The van der Waals surface area contributed by atoms with E-state index in [2.05, 4.69) is 33.7 Å². The molecule has 2 aromatic rings. The standard InChI is InChI=1S/C25H29N3O4/c29-24(27-21-7-3-5-17-4-1-2-6-20(17)21)15-28-12-10-18(11-13-28)25(30)26-19-8-9-22-23(14-19)32-16-31-22/h1-2,4,6,8-9,14,18,21H,3,5,7,10-13,15-16H2,(H,26,30)(H,27,29)/t21-/m0/s1. The van der Waals surface area contributed by atoms with Gasteiger partial charge in [0.05, 0.1) is 12.6 Å². The molecule has 7 nitrogen and oxygen atoms in total. The number of piperidine rings is 1. The van der Waals surface area contributed by atoms with Crippen LogP contribution in [0.5, 0.6) is 11.5 Å². The fraction of sp³-hybridized carbons (Fsp3) is 0.440. The van der Waals surface area contributed by atoms with Crippen molar-refractivity contribution < 1.29 is 19.1 Å². The van der Waals surface area contributed by atoms with Crippen LogP contribution in [0.3, 0.4) is 0 Å². The first-order chi connectivity index (χ1) is 15.7. The lowest BCUT2D eigenvalue weighted by atomic mass is 9.88. The number of nitrogens with zero attached hydrogens (tertiary/aromatic N) is 1. The Balaban J connectivity index is 1.09. The first-order valence-corrected chi connectivity index (χ1v) is 11.5. The maximum atomic E-state index is 12.7. The average molecular weight is 436 g/mol. The molecule has 1 fully saturated rings. The number of carbonyl (C=O) groups excluding carboxylic acids is 2. The van der Waals surface area contributed by atoms with Crippen molar-refractivity contribution in [3.8, 4) is 11.5 Å². The van der Waals surface area contributed by atoms with Crippen molar-refractivity contribution in [2.45, 2.75) is 38.1 Å². The Hall–Kier alpha value is -3.06. The van der Waals surface area contributed by atoms with Crippen LogP contribution in [0, 0.1) is 5.92 Å². The molecule has 1 saturated heterocycles. The molecule has 2 aliphatic heterocycles. The average Bonchev–Trinajstić information content (AvgIpc) is 3.28. The third-order valence-electron chi connectivity index (χ3n) is 6.67. The van der Waals surface area contributed by atoms with Gasteiger partial charge in [-0.05, 0) is 68.5 Å². The Morgan fingerprint density at radius 3 is 2.69 bits per heavy atom. The number of amides is 2. The van der Waals surface area contributed by atoms with Crippen molar-refractivity contribution in [1.29, 1.82) is 0 Å². The van der Waals surface area contributed by atoms with Gasteiger partial charge in [0, 0.05) is 17.7 Å². The molecule has 168 valence electrons. The predicted molar refractivity (Wildman–Crippen MR) is 121 cm³/mol. The van der Waals surface area contributed by atoms with E-state index in [9.17, 15) is 9.59 Å². The third kappa shape index (κ3) is 4.58. The third-order valence-corrected chi connectivity index (χ3v) is 6.67. The van der Waals surface area contributed by atoms with Crippen LogP contribution in [-0.2, 0) is 16.0 Å². The Bertz CT molecular complexity index is 1000. The highest BCUT2D eigenvalue weighted by molar-refractivity contribution is 5.93. The minimum atomic E-state index is -0.0510. The number of nitrogens with one attached hydrogen (secondary N) is 2. The van der Waals surface area contributed by atoms with Crippen molar-refractivity contribution in [3.05, 3.63) is 53.6 Å². The van der Waals surface area contributed by atoms with Gasteiger partial charge in [0.15, 0.2) is 11.5 Å². The molecule has 0 radical (unpaired) electrons. The van der Waals surface area contributed by atoms with Gasteiger partial charge in [-0.3, -0.25) is 14.5 Å². The largest absolute Gasteiger partial charge is 0.454 e. The quantitative estimate of drug-likeness (QED) is 0.754. The van der Waals surface area contributed by atoms with E-state index >= 15 is 0 Å². The van der Waals surface area contributed by atoms with Gasteiger partial charge in [-0.25, -0.2) is 0 Å². The number of hydrogen-bond acceptors (Lipinski definition) is 5. The summed E-state index contributed by atoms with van der Waals surface area (Å²) in [7, 11) is 0. The molecule has 0 saturated carbocycles. The summed E-state index contributed by atoms with van der Waals surface area (Å²) in [5.41, 5.74) is 3.32. The van der Waals surface area contributed by atoms with Crippen LogP contribution in [0.15, 0.2) is 42.5 Å². The summed E-state index contributed by atoms with van der Waals surface area (Å²) in [6.45, 7) is 2.09. The number of aryl methyl sites for hydroxylation is 1. The van der Waals surface area contributed by atoms with Gasteiger partial charge in [0.25, 0.3) is 0 Å². The van der Waals surface area contributed by atoms with Crippen LogP contribution in [0.2, 0.25) is 0 Å². The monoisotopic (exact) mass is 435 g/mol. The molecule has 2 heterocycles. The van der Waals surface area contributed by atoms with E-state index in [0.717, 1.165) is 45.2 Å². The summed E-state index contributed by atoms with van der Waals surface area (Å²) >= 11 is 0. The Morgan fingerprint density at radius 2 is 1.81 bits per heavy atom. The molecule has 3 aliphatic rings. The van der Waals surface area contributed by atoms with Crippen LogP contribution in [-0.4, -0.2) is 43.1 Å². The number of rotatable bonds is 5. The summed E-state index contributed by atoms with van der Waals surface area (Å²) in [6, 6.07) is 13.9. The number of carbonyl (C=O) groups is 2. The normalized spacial score (nSPS) is 20.4. The highest BCUT2D eigenvalue weighted by Crippen LogP contribution is 2.34. The molecular weight excluding hydrogens is 406 g/mol. The molecule has 7 heteroatoms. The Labute approximate surface area is 188 Å². The van der Waals surface area contributed by atoms with Crippen LogP contribution in [0.1, 0.15) is 42.9 Å². The minimum Gasteiger partial charge on any atom is -0.454 e. The van der Waals surface area contributed by atoms with E-state index in [1.807, 2.05) is 18.2 Å². The molecule has 1 aliphatic carbocycles. The Morgan fingerprint density at radius 1 is 1.00 bits per heavy atom. The van der Waals surface area contributed by atoms with E-state index in [1.54, 1.807) is 6.07 Å². The molecule has 0 bridgehead atoms. The van der Waals surface area contributed by atoms with Gasteiger partial charge >= 0.3 is 0 Å². The summed E-state index contributed by atoms with van der Waals surface area (Å²) in [5.74, 6) is 1.39. The van der Waals surface area contributed by atoms with E-state index in [-0.39, 0.29) is 30.6 Å². The minimum absolute atomic E-state index is 0.0202. The number of anilines is 1. The van der Waals surface area contributed by atoms with Crippen LogP contribution < -0.4 is 20.1 Å². The van der Waals surface area contributed by atoms with Gasteiger partial charge in [-0.1, -0.05) is 24.3 Å². The van der Waals surface area contributed by atoms with Gasteiger partial charge in [0.2, 0.25) is 18.6 Å². The molecule has 5 rings (SSSR count). The lowest BCUT2D eigenvalue weighted by Crippen LogP contribution is -2.44. The Kier molecular flexibility index (Phi) is 5.99. The SMILES string of the molecule is O=C(CN1CCC(C(=O)Nc2ccc3c(c2)OCO3)CC1)N[C@H]1CCCc2ccccc21. The van der Waals surface area contributed by atoms with Gasteiger partial charge in [-0.2, -0.15) is 0 Å². The first kappa shape index (κ1) is 20.8. The number of likely N-dealkylation sites (tertiary alicyclic amines) is 1. The zero-order chi connectivity index (χ0) is 21.9. The highest BCUT2D eigenvalue weighted by atomic mass is 16.7. The molecule has 2 N–H and O–H groups in total. The summed E-state index contributed by atoms with van der Waals surface area (Å²) in [6.07, 6.45) is 4.67. The van der Waals surface area contributed by atoms with Crippen molar-refractivity contribution >= 4 is 17.5 Å². The number of benzene rings is 2. The summed E-state index contributed by atoms with van der Waals surface area (Å²) < 4.78 is 10.7. The van der Waals surface area contributed by atoms with Crippen LogP contribution in [0.25, 0.3) is 0 Å². The molecule has 0 unspecified atom stereocenters. The van der Waals surface area contributed by atoms with Crippen molar-refractivity contribution in [2.75, 3.05) is 31.7 Å². The zero-order valence-corrected chi connectivity index (χ0v) is 18.1. The lowest BCUT2D eigenvalue weighted by Gasteiger charge is -2.32. The second kappa shape index (κ2) is 9.20. The number of ether oxygens (including phenoxy) is 2. The molecule has 2 amide bonds. The second-order valence-corrected chi connectivity index (χ2v) is 8.82. The van der Waals surface area contributed by atoms with Crippen molar-refractivity contribution in [3.63, 3.8) is 0 Å². The first-order valence-electron chi connectivity index (χ1n) is 11.5. The van der Waals surface area contributed by atoms with E-state index in [4.69, 9.17) is 9.47 Å². The fourth-order valence-electron chi connectivity index (χ4n) is 4.92. The highest BCUT2D eigenvalue weighted by Gasteiger charge is 2.27. The van der Waals surface area contributed by atoms with Crippen LogP contribution in [0.4, 0.5) is 5.69 Å². The summed E-state index contributed by atoms with van der Waals surface area (Å²) in [4.78, 5) is 27.5. The van der Waals surface area contributed by atoms with E-state index < -0.39 is 0 Å². The van der Waals surface area contributed by atoms with E-state index in [0.29, 0.717) is 23.7 Å². The topological polar surface area (TPSA) is 79.9 Å². The maximum absolute atomic E-state index is 12.7. The molecule has 32 heavy (non-hydrogen) atoms. The number of hydrogen-bond donors (Lipinski definition) is 2. The van der Waals surface area contributed by atoms with Crippen LogP contribution >= 0.6 is 0 Å². The fourth-order valence-corrected chi connectivity index (χ4v) is 4.92. The lowest BCUT2D eigenvalue weighted by molar-refractivity contribution is -0.124. The van der Waals surface area contributed by atoms with E-state index in [1.165, 1.54) is 11.1 Å². The summed E-state index contributed by atoms with van der Waals surface area (Å²) in [5, 5.41) is 6.22. The molecular formula is C25H29N3O4. The molecule has 0 spiro atoms. The second-order valence-electron chi connectivity index (χ2n) is 8.82. The van der Waals surface area contributed by atoms with Gasteiger partial charge in [0.1, 0.15) is 0 Å². The zero-order valence-electron chi connectivity index (χ0n) is 18.1. The predicted octanol–water partition coefficient (Wildman–Crippen LogP) is 3.26. The molecule has 2 aromatic carbocycles. The maximum Gasteiger partial charge on any atom is 0.234 e. The van der Waals surface area contributed by atoms with Crippen molar-refractivity contribution in [1.82, 2.24) is 10.2 Å². The smallest absolute Gasteiger partial charge is 0.234 e. The van der Waals surface area contributed by atoms with Crippen molar-refractivity contribution in [2.24, 2.45) is 5.92 Å².